The van der Waals surface area contributed by atoms with E-state index in [1.54, 1.807) is 0 Å². The number of rotatable bonds is 3. The molecule has 0 radical (unpaired) electrons. The molecule has 3 aromatic rings. The molecule has 3 heteroatoms. The number of aromatic nitrogens is 1. The molecule has 0 bridgehead atoms. The van der Waals surface area contributed by atoms with Gasteiger partial charge in [-0.1, -0.05) is 30.3 Å². The highest BCUT2D eigenvalue weighted by Crippen LogP contribution is 2.28. The minimum atomic E-state index is 0.761. The molecule has 1 heterocycles. The highest BCUT2D eigenvalue weighted by molar-refractivity contribution is 9.10. The third-order valence-electron chi connectivity index (χ3n) is 3.60. The standard InChI is InChI=1S/C18H17BrN2/c1-12-9-13(2)17(16(19)10-12)21-11-15-6-3-5-14-7-4-8-20-18(14)15/h3-10,21H,11H2,1-2H3. The van der Waals surface area contributed by atoms with Crippen molar-refractivity contribution in [2.75, 3.05) is 5.32 Å². The van der Waals surface area contributed by atoms with Crippen LogP contribution in [0.4, 0.5) is 5.69 Å². The summed E-state index contributed by atoms with van der Waals surface area (Å²) in [5.41, 5.74) is 5.92. The molecule has 2 nitrogen and oxygen atoms in total. The predicted octanol–water partition coefficient (Wildman–Crippen LogP) is 5.23. The summed E-state index contributed by atoms with van der Waals surface area (Å²) in [5, 5.41) is 4.71. The van der Waals surface area contributed by atoms with Crippen LogP contribution in [-0.2, 0) is 6.54 Å². The van der Waals surface area contributed by atoms with E-state index in [2.05, 4.69) is 76.5 Å². The first-order valence-electron chi connectivity index (χ1n) is 6.98. The normalized spacial score (nSPS) is 10.8. The van der Waals surface area contributed by atoms with E-state index in [9.17, 15) is 0 Å². The van der Waals surface area contributed by atoms with Crippen LogP contribution in [0.1, 0.15) is 16.7 Å². The Bertz CT molecular complexity index is 768. The van der Waals surface area contributed by atoms with Crippen LogP contribution >= 0.6 is 15.9 Å². The number of nitrogens with one attached hydrogen (secondary N) is 1. The molecule has 1 aromatic heterocycles. The van der Waals surface area contributed by atoms with Gasteiger partial charge in [-0.2, -0.15) is 0 Å². The quantitative estimate of drug-likeness (QED) is 0.706. The molecule has 0 atom stereocenters. The second kappa shape index (κ2) is 5.86. The van der Waals surface area contributed by atoms with Gasteiger partial charge in [-0.25, -0.2) is 0 Å². The minimum absolute atomic E-state index is 0.761. The molecular formula is C18H17BrN2. The fourth-order valence-electron chi connectivity index (χ4n) is 2.63. The van der Waals surface area contributed by atoms with Crippen molar-refractivity contribution < 1.29 is 0 Å². The number of anilines is 1. The van der Waals surface area contributed by atoms with Gasteiger partial charge in [-0.05, 0) is 58.6 Å². The molecule has 0 saturated carbocycles. The lowest BCUT2D eigenvalue weighted by molar-refractivity contribution is 1.14. The Morgan fingerprint density at radius 3 is 2.71 bits per heavy atom. The smallest absolute Gasteiger partial charge is 0.0751 e. The van der Waals surface area contributed by atoms with Crippen molar-refractivity contribution in [2.45, 2.75) is 20.4 Å². The van der Waals surface area contributed by atoms with Crippen molar-refractivity contribution in [1.82, 2.24) is 4.98 Å². The van der Waals surface area contributed by atoms with E-state index < -0.39 is 0 Å². The van der Waals surface area contributed by atoms with Crippen LogP contribution in [0.2, 0.25) is 0 Å². The van der Waals surface area contributed by atoms with E-state index in [0.717, 1.165) is 22.2 Å². The fraction of sp³-hybridized carbons (Fsp3) is 0.167. The summed E-state index contributed by atoms with van der Waals surface area (Å²) < 4.78 is 1.10. The number of halogens is 1. The van der Waals surface area contributed by atoms with Gasteiger partial charge in [0.2, 0.25) is 0 Å². The van der Waals surface area contributed by atoms with E-state index in [-0.39, 0.29) is 0 Å². The summed E-state index contributed by atoms with van der Waals surface area (Å²) in [6.07, 6.45) is 1.85. The third-order valence-corrected chi connectivity index (χ3v) is 4.23. The number of pyridine rings is 1. The van der Waals surface area contributed by atoms with Gasteiger partial charge in [-0.15, -0.1) is 0 Å². The first-order valence-corrected chi connectivity index (χ1v) is 7.77. The average molecular weight is 341 g/mol. The van der Waals surface area contributed by atoms with Crippen molar-refractivity contribution in [2.24, 2.45) is 0 Å². The van der Waals surface area contributed by atoms with Crippen molar-refractivity contribution in [3.8, 4) is 0 Å². The number of fused-ring (bicyclic) bond motifs is 1. The van der Waals surface area contributed by atoms with Crippen LogP contribution in [0.5, 0.6) is 0 Å². The van der Waals surface area contributed by atoms with Crippen molar-refractivity contribution in [3.63, 3.8) is 0 Å². The molecule has 0 saturated heterocycles. The van der Waals surface area contributed by atoms with Gasteiger partial charge in [0, 0.05) is 22.6 Å². The number of aryl methyl sites for hydroxylation is 2. The topological polar surface area (TPSA) is 24.9 Å². The highest BCUT2D eigenvalue weighted by Gasteiger charge is 2.06. The van der Waals surface area contributed by atoms with E-state index in [1.165, 1.54) is 22.1 Å². The van der Waals surface area contributed by atoms with Crippen molar-refractivity contribution in [1.29, 1.82) is 0 Å². The Morgan fingerprint density at radius 2 is 1.90 bits per heavy atom. The number of para-hydroxylation sites is 1. The Labute approximate surface area is 133 Å². The van der Waals surface area contributed by atoms with Crippen LogP contribution < -0.4 is 5.32 Å². The summed E-state index contributed by atoms with van der Waals surface area (Å²) in [6.45, 7) is 4.99. The van der Waals surface area contributed by atoms with E-state index in [4.69, 9.17) is 0 Å². The summed E-state index contributed by atoms with van der Waals surface area (Å²) in [6, 6.07) is 14.7. The average Bonchev–Trinajstić information content (AvgIpc) is 2.46. The van der Waals surface area contributed by atoms with Crippen LogP contribution in [0.3, 0.4) is 0 Å². The summed E-state index contributed by atoms with van der Waals surface area (Å²) in [5.74, 6) is 0. The molecular weight excluding hydrogens is 324 g/mol. The Morgan fingerprint density at radius 1 is 1.10 bits per heavy atom. The first-order chi connectivity index (χ1) is 10.1. The maximum atomic E-state index is 4.50. The molecule has 0 unspecified atom stereocenters. The highest BCUT2D eigenvalue weighted by atomic mass is 79.9. The monoisotopic (exact) mass is 340 g/mol. The number of hydrogen-bond donors (Lipinski definition) is 1. The molecule has 0 aliphatic heterocycles. The maximum Gasteiger partial charge on any atom is 0.0751 e. The minimum Gasteiger partial charge on any atom is -0.380 e. The molecule has 0 aliphatic rings. The Balaban J connectivity index is 1.91. The summed E-state index contributed by atoms with van der Waals surface area (Å²) in [7, 11) is 0. The molecule has 0 spiro atoms. The van der Waals surface area contributed by atoms with Gasteiger partial charge in [0.25, 0.3) is 0 Å². The largest absolute Gasteiger partial charge is 0.380 e. The Kier molecular flexibility index (Phi) is 3.93. The zero-order chi connectivity index (χ0) is 14.8. The zero-order valence-corrected chi connectivity index (χ0v) is 13.7. The zero-order valence-electron chi connectivity index (χ0n) is 12.2. The third kappa shape index (κ3) is 2.93. The van der Waals surface area contributed by atoms with Gasteiger partial charge in [0.1, 0.15) is 0 Å². The van der Waals surface area contributed by atoms with Crippen LogP contribution in [-0.4, -0.2) is 4.98 Å². The van der Waals surface area contributed by atoms with Gasteiger partial charge in [0.15, 0.2) is 0 Å². The molecule has 2 aromatic carbocycles. The molecule has 21 heavy (non-hydrogen) atoms. The van der Waals surface area contributed by atoms with Crippen molar-refractivity contribution >= 4 is 32.5 Å². The number of hydrogen-bond acceptors (Lipinski definition) is 2. The van der Waals surface area contributed by atoms with E-state index in [1.807, 2.05) is 12.3 Å². The van der Waals surface area contributed by atoms with Gasteiger partial charge in [-0.3, -0.25) is 4.98 Å². The molecule has 0 aliphatic carbocycles. The first kappa shape index (κ1) is 14.1. The Hall–Kier alpha value is -1.87. The SMILES string of the molecule is Cc1cc(C)c(NCc2cccc3cccnc23)c(Br)c1. The van der Waals surface area contributed by atoms with E-state index >= 15 is 0 Å². The van der Waals surface area contributed by atoms with Gasteiger partial charge >= 0.3 is 0 Å². The van der Waals surface area contributed by atoms with Crippen molar-refractivity contribution in [3.05, 3.63) is 69.8 Å². The molecule has 0 amide bonds. The molecule has 3 rings (SSSR count). The van der Waals surface area contributed by atoms with Crippen LogP contribution in [0.15, 0.2) is 53.1 Å². The van der Waals surface area contributed by atoms with Crippen LogP contribution in [0, 0.1) is 13.8 Å². The van der Waals surface area contributed by atoms with E-state index in [0.29, 0.717) is 0 Å². The second-order valence-corrected chi connectivity index (χ2v) is 6.14. The van der Waals surface area contributed by atoms with Gasteiger partial charge in [0.05, 0.1) is 11.2 Å². The predicted molar refractivity (Wildman–Crippen MR) is 92.7 cm³/mol. The number of nitrogens with zero attached hydrogens (tertiary/aromatic N) is 1. The summed E-state index contributed by atoms with van der Waals surface area (Å²) >= 11 is 3.64. The summed E-state index contributed by atoms with van der Waals surface area (Å²) in [4.78, 5) is 4.50. The lowest BCUT2D eigenvalue weighted by Gasteiger charge is -2.13. The number of benzene rings is 2. The molecule has 1 N–H and O–H groups in total. The van der Waals surface area contributed by atoms with Crippen LogP contribution in [0.25, 0.3) is 10.9 Å². The fourth-order valence-corrected chi connectivity index (χ4v) is 3.45. The van der Waals surface area contributed by atoms with Gasteiger partial charge < -0.3 is 5.32 Å². The molecule has 106 valence electrons. The second-order valence-electron chi connectivity index (χ2n) is 5.28. The lowest BCUT2D eigenvalue weighted by Crippen LogP contribution is -2.03. The molecule has 0 fully saturated rings. The maximum absolute atomic E-state index is 4.50. The lowest BCUT2D eigenvalue weighted by atomic mass is 10.1.